The molecule has 2 bridgehead atoms. The van der Waals surface area contributed by atoms with E-state index >= 15 is 0 Å². The second-order valence-electron chi connectivity index (χ2n) is 8.56. The zero-order chi connectivity index (χ0) is 21.5. The topological polar surface area (TPSA) is 108 Å². The van der Waals surface area contributed by atoms with Crippen LogP contribution in [0.3, 0.4) is 0 Å². The summed E-state index contributed by atoms with van der Waals surface area (Å²) in [6, 6.07) is 7.95. The van der Waals surface area contributed by atoms with Crippen molar-refractivity contribution in [1.29, 1.82) is 0 Å². The second-order valence-corrected chi connectivity index (χ2v) is 8.56. The molecular formula is C22H26N6O3. The Morgan fingerprint density at radius 2 is 1.90 bits per heavy atom. The average molecular weight is 422 g/mol. The molecule has 0 aliphatic carbocycles. The molecule has 0 radical (unpaired) electrons. The zero-order valence-electron chi connectivity index (χ0n) is 17.4. The highest BCUT2D eigenvalue weighted by Crippen LogP contribution is 2.34. The second kappa shape index (κ2) is 7.81. The lowest BCUT2D eigenvalue weighted by Gasteiger charge is -2.41. The average Bonchev–Trinajstić information content (AvgIpc) is 2.73. The van der Waals surface area contributed by atoms with Gasteiger partial charge in [-0.2, -0.15) is 0 Å². The molecule has 1 aromatic carbocycles. The number of nitrogens with one attached hydrogen (secondary N) is 3. The van der Waals surface area contributed by atoms with Gasteiger partial charge in [0.15, 0.2) is 0 Å². The lowest BCUT2D eigenvalue weighted by molar-refractivity contribution is -0.119. The van der Waals surface area contributed by atoms with E-state index in [4.69, 9.17) is 0 Å². The summed E-state index contributed by atoms with van der Waals surface area (Å²) in [6.45, 7) is 1.38. The van der Waals surface area contributed by atoms with Crippen molar-refractivity contribution in [2.75, 3.05) is 4.90 Å². The number of nitrogens with zero attached hydrogens (tertiary/aromatic N) is 3. The van der Waals surface area contributed by atoms with Crippen molar-refractivity contribution in [2.45, 2.75) is 63.3 Å². The predicted molar refractivity (Wildman–Crippen MR) is 117 cm³/mol. The van der Waals surface area contributed by atoms with Crippen LogP contribution < -0.4 is 26.4 Å². The molecule has 9 nitrogen and oxygen atoms in total. The van der Waals surface area contributed by atoms with Crippen LogP contribution in [0.2, 0.25) is 0 Å². The van der Waals surface area contributed by atoms with Crippen molar-refractivity contribution in [3.05, 3.63) is 46.9 Å². The number of amides is 3. The summed E-state index contributed by atoms with van der Waals surface area (Å²) >= 11 is 0. The molecule has 0 saturated carbocycles. The maximum atomic E-state index is 13.7. The molecule has 2 aromatic rings. The summed E-state index contributed by atoms with van der Waals surface area (Å²) in [4.78, 5) is 43.5. The molecule has 2 unspecified atom stereocenters. The largest absolute Gasteiger partial charge is 0.333 e. The van der Waals surface area contributed by atoms with E-state index in [-0.39, 0.29) is 23.3 Å². The van der Waals surface area contributed by atoms with E-state index in [1.54, 1.807) is 6.08 Å². The first-order valence-corrected chi connectivity index (χ1v) is 10.8. The van der Waals surface area contributed by atoms with E-state index in [9.17, 15) is 14.4 Å². The van der Waals surface area contributed by atoms with Crippen LogP contribution in [0.15, 0.2) is 41.3 Å². The van der Waals surface area contributed by atoms with Gasteiger partial charge in [0.2, 0.25) is 11.7 Å². The van der Waals surface area contributed by atoms with Crippen molar-refractivity contribution < 1.29 is 9.59 Å². The van der Waals surface area contributed by atoms with Gasteiger partial charge in [-0.05, 0) is 43.9 Å². The van der Waals surface area contributed by atoms with Crippen LogP contribution in [-0.2, 0) is 4.79 Å². The van der Waals surface area contributed by atoms with Gasteiger partial charge in [0.05, 0.1) is 11.0 Å². The minimum absolute atomic E-state index is 0.0552. The van der Waals surface area contributed by atoms with Gasteiger partial charge in [0, 0.05) is 31.2 Å². The number of fused-ring (bicyclic) bond motifs is 3. The first kappa shape index (κ1) is 19.7. The fourth-order valence-electron chi connectivity index (χ4n) is 5.07. The summed E-state index contributed by atoms with van der Waals surface area (Å²) in [6.07, 6.45) is 7.75. The van der Waals surface area contributed by atoms with E-state index in [0.29, 0.717) is 17.6 Å². The molecule has 3 N–H and O–H groups in total. The van der Waals surface area contributed by atoms with Gasteiger partial charge in [0.1, 0.15) is 6.17 Å². The minimum atomic E-state index is -0.618. The summed E-state index contributed by atoms with van der Waals surface area (Å²) in [5.74, 6) is -0.191. The molecule has 5 rings (SSSR count). The standard InChI is InChI=1S/C22H26N6O3/c1-13(29)23-19-9-10-27(22(31)26-19)20-21(30)28(18-8-3-2-7-17(18)25-20)16-11-14-5-4-6-15(12-16)24-14/h2-3,7-10,14-16,19,24H,4-6,11-12H2,1H3,(H,23,29)(H,26,31)/t14-,15+,16?,19?. The fraction of sp³-hybridized carbons (Fsp3) is 0.455. The molecule has 2 fully saturated rings. The number of aromatic nitrogens is 2. The quantitative estimate of drug-likeness (QED) is 0.698. The summed E-state index contributed by atoms with van der Waals surface area (Å²) < 4.78 is 1.84. The van der Waals surface area contributed by atoms with Crippen molar-refractivity contribution in [2.24, 2.45) is 0 Å². The molecule has 2 saturated heterocycles. The molecule has 31 heavy (non-hydrogen) atoms. The van der Waals surface area contributed by atoms with Crippen LogP contribution in [0.4, 0.5) is 10.6 Å². The molecule has 4 heterocycles. The number of rotatable bonds is 3. The van der Waals surface area contributed by atoms with Crippen LogP contribution in [-0.4, -0.2) is 39.7 Å². The van der Waals surface area contributed by atoms with Gasteiger partial charge in [0.25, 0.3) is 5.56 Å². The van der Waals surface area contributed by atoms with Crippen molar-refractivity contribution in [3.63, 3.8) is 0 Å². The number of urea groups is 1. The zero-order valence-corrected chi connectivity index (χ0v) is 17.4. The monoisotopic (exact) mass is 422 g/mol. The molecule has 4 atom stereocenters. The van der Waals surface area contributed by atoms with Crippen LogP contribution in [0.1, 0.15) is 45.1 Å². The fourth-order valence-corrected chi connectivity index (χ4v) is 5.07. The van der Waals surface area contributed by atoms with Crippen molar-refractivity contribution in [1.82, 2.24) is 25.5 Å². The van der Waals surface area contributed by atoms with Crippen molar-refractivity contribution in [3.8, 4) is 0 Å². The number of para-hydroxylation sites is 2. The third-order valence-electron chi connectivity index (χ3n) is 6.34. The first-order valence-electron chi connectivity index (χ1n) is 10.8. The maximum absolute atomic E-state index is 13.7. The van der Waals surface area contributed by atoms with Crippen LogP contribution >= 0.6 is 0 Å². The Hall–Kier alpha value is -3.20. The molecular weight excluding hydrogens is 396 g/mol. The van der Waals surface area contributed by atoms with Crippen molar-refractivity contribution >= 4 is 28.8 Å². The molecule has 3 aliphatic rings. The van der Waals surface area contributed by atoms with E-state index in [0.717, 1.165) is 31.2 Å². The number of benzene rings is 1. The molecule has 162 valence electrons. The van der Waals surface area contributed by atoms with E-state index in [1.165, 1.54) is 24.4 Å². The summed E-state index contributed by atoms with van der Waals surface area (Å²) in [5, 5.41) is 8.97. The highest BCUT2D eigenvalue weighted by molar-refractivity contribution is 5.95. The Morgan fingerprint density at radius 1 is 1.16 bits per heavy atom. The SMILES string of the molecule is CC(=O)NC1C=CN(c2nc3ccccc3n(C3C[C@H]4CCC[C@@H](C3)N4)c2=O)C(=O)N1. The van der Waals surface area contributed by atoms with Gasteiger partial charge < -0.3 is 20.5 Å². The van der Waals surface area contributed by atoms with Gasteiger partial charge in [-0.15, -0.1) is 0 Å². The maximum Gasteiger partial charge on any atom is 0.329 e. The van der Waals surface area contributed by atoms with Gasteiger partial charge >= 0.3 is 6.03 Å². The Morgan fingerprint density at radius 3 is 2.61 bits per heavy atom. The first-order chi connectivity index (χ1) is 15.0. The van der Waals surface area contributed by atoms with E-state index in [2.05, 4.69) is 20.9 Å². The smallest absolute Gasteiger partial charge is 0.329 e. The number of hydrogen-bond donors (Lipinski definition) is 3. The number of carbonyl (C=O) groups is 2. The lowest BCUT2D eigenvalue weighted by Crippen LogP contribution is -2.54. The molecule has 3 aliphatic heterocycles. The van der Waals surface area contributed by atoms with E-state index in [1.807, 2.05) is 28.8 Å². The normalized spacial score (nSPS) is 27.8. The molecule has 3 amide bonds. The highest BCUT2D eigenvalue weighted by Gasteiger charge is 2.34. The molecule has 9 heteroatoms. The Labute approximate surface area is 179 Å². The number of hydrogen-bond acceptors (Lipinski definition) is 5. The van der Waals surface area contributed by atoms with Gasteiger partial charge in [-0.3, -0.25) is 9.59 Å². The molecule has 0 spiro atoms. The number of carbonyl (C=O) groups excluding carboxylic acids is 2. The lowest BCUT2D eigenvalue weighted by atomic mass is 9.84. The van der Waals surface area contributed by atoms with Crippen LogP contribution in [0, 0.1) is 0 Å². The Balaban J connectivity index is 1.58. The third-order valence-corrected chi connectivity index (χ3v) is 6.34. The number of piperidine rings is 2. The van der Waals surface area contributed by atoms with E-state index < -0.39 is 12.2 Å². The van der Waals surface area contributed by atoms with Crippen LogP contribution in [0.25, 0.3) is 11.0 Å². The third kappa shape index (κ3) is 3.69. The predicted octanol–water partition coefficient (Wildman–Crippen LogP) is 1.75. The van der Waals surface area contributed by atoms with Gasteiger partial charge in [-0.25, -0.2) is 14.7 Å². The Bertz CT molecular complexity index is 1110. The Kier molecular flexibility index (Phi) is 4.97. The molecule has 1 aromatic heterocycles. The van der Waals surface area contributed by atoms with Crippen LogP contribution in [0.5, 0.6) is 0 Å². The summed E-state index contributed by atoms with van der Waals surface area (Å²) in [7, 11) is 0. The highest BCUT2D eigenvalue weighted by atomic mass is 16.2. The summed E-state index contributed by atoms with van der Waals surface area (Å²) in [5.41, 5.74) is 1.19. The van der Waals surface area contributed by atoms with Gasteiger partial charge in [-0.1, -0.05) is 18.6 Å². The number of anilines is 1. The minimum Gasteiger partial charge on any atom is -0.333 e.